The highest BCUT2D eigenvalue weighted by atomic mass is 35.5. The maximum absolute atomic E-state index is 9.63. The maximum atomic E-state index is 9.63. The van der Waals surface area contributed by atoms with Crippen molar-refractivity contribution in [1.82, 2.24) is 0 Å². The van der Waals surface area contributed by atoms with Crippen LogP contribution in [-0.4, -0.2) is 11.2 Å². The molecule has 1 aromatic carbocycles. The zero-order valence-corrected chi connectivity index (χ0v) is 10.8. The van der Waals surface area contributed by atoms with Gasteiger partial charge in [0.15, 0.2) is 0 Å². The first-order chi connectivity index (χ1) is 7.54. The molecule has 0 spiro atoms. The smallest absolute Gasteiger partial charge is 0.125 e. The van der Waals surface area contributed by atoms with E-state index in [1.165, 1.54) is 0 Å². The van der Waals surface area contributed by atoms with Gasteiger partial charge in [0.25, 0.3) is 0 Å². The van der Waals surface area contributed by atoms with E-state index in [4.69, 9.17) is 16.3 Å². The first-order valence-corrected chi connectivity index (χ1v) is 6.06. The van der Waals surface area contributed by atoms with Gasteiger partial charge in [-0.15, -0.1) is 0 Å². The summed E-state index contributed by atoms with van der Waals surface area (Å²) in [5.74, 6) is 0.723. The number of halogens is 1. The van der Waals surface area contributed by atoms with Crippen molar-refractivity contribution in [2.75, 3.05) is 0 Å². The van der Waals surface area contributed by atoms with Crippen LogP contribution in [0.2, 0.25) is 5.02 Å². The van der Waals surface area contributed by atoms with E-state index in [9.17, 15) is 5.11 Å². The summed E-state index contributed by atoms with van der Waals surface area (Å²) in [5.41, 5.74) is 0.746. The molecule has 0 aromatic heterocycles. The average Bonchev–Trinajstić information content (AvgIpc) is 2.20. The molecule has 2 nitrogen and oxygen atoms in total. The lowest BCUT2D eigenvalue weighted by Crippen LogP contribution is -2.12. The fourth-order valence-electron chi connectivity index (χ4n) is 1.64. The van der Waals surface area contributed by atoms with Crippen molar-refractivity contribution < 1.29 is 9.84 Å². The van der Waals surface area contributed by atoms with Crippen LogP contribution in [0.15, 0.2) is 18.2 Å². The van der Waals surface area contributed by atoms with E-state index in [-0.39, 0.29) is 6.10 Å². The average molecular weight is 243 g/mol. The van der Waals surface area contributed by atoms with Crippen LogP contribution >= 0.6 is 11.6 Å². The lowest BCUT2D eigenvalue weighted by molar-refractivity contribution is 0.174. The molecule has 1 rings (SSSR count). The Morgan fingerprint density at radius 3 is 2.62 bits per heavy atom. The Labute approximate surface area is 102 Å². The van der Waals surface area contributed by atoms with Crippen molar-refractivity contribution >= 4 is 11.6 Å². The normalized spacial score (nSPS) is 14.6. The molecule has 0 amide bonds. The largest absolute Gasteiger partial charge is 0.490 e. The van der Waals surface area contributed by atoms with Gasteiger partial charge in [-0.3, -0.25) is 0 Å². The summed E-state index contributed by atoms with van der Waals surface area (Å²) in [5, 5.41) is 10.3. The molecule has 0 aliphatic carbocycles. The second-order valence-electron chi connectivity index (χ2n) is 4.08. The fourth-order valence-corrected chi connectivity index (χ4v) is 1.82. The second kappa shape index (κ2) is 6.12. The predicted octanol–water partition coefficient (Wildman–Crippen LogP) is 3.96. The first kappa shape index (κ1) is 13.3. The third kappa shape index (κ3) is 3.69. The molecule has 90 valence electrons. The van der Waals surface area contributed by atoms with Crippen LogP contribution in [0.1, 0.15) is 45.3 Å². The molecule has 1 aromatic rings. The van der Waals surface area contributed by atoms with Gasteiger partial charge in [-0.2, -0.15) is 0 Å². The summed E-state index contributed by atoms with van der Waals surface area (Å²) in [4.78, 5) is 0. The Balaban J connectivity index is 2.86. The molecule has 0 aliphatic rings. The molecule has 0 aliphatic heterocycles. The van der Waals surface area contributed by atoms with Crippen LogP contribution in [-0.2, 0) is 0 Å². The SMILES string of the molecule is CCCC(C)Oc1ccc(Cl)cc1C(C)O. The second-order valence-corrected chi connectivity index (χ2v) is 4.51. The van der Waals surface area contributed by atoms with E-state index in [0.29, 0.717) is 5.02 Å². The molecule has 0 bridgehead atoms. The summed E-state index contributed by atoms with van der Waals surface area (Å²) in [7, 11) is 0. The van der Waals surface area contributed by atoms with Crippen molar-refractivity contribution in [2.24, 2.45) is 0 Å². The Hall–Kier alpha value is -0.730. The minimum Gasteiger partial charge on any atom is -0.490 e. The van der Waals surface area contributed by atoms with Crippen LogP contribution in [0.4, 0.5) is 0 Å². The maximum Gasteiger partial charge on any atom is 0.125 e. The lowest BCUT2D eigenvalue weighted by Gasteiger charge is -2.18. The topological polar surface area (TPSA) is 29.5 Å². The Kier molecular flexibility index (Phi) is 5.10. The van der Waals surface area contributed by atoms with Crippen molar-refractivity contribution in [3.63, 3.8) is 0 Å². The van der Waals surface area contributed by atoms with Crippen LogP contribution in [0, 0.1) is 0 Å². The molecule has 0 saturated heterocycles. The van der Waals surface area contributed by atoms with E-state index in [2.05, 4.69) is 6.92 Å². The number of hydrogen-bond acceptors (Lipinski definition) is 2. The molecular weight excluding hydrogens is 224 g/mol. The lowest BCUT2D eigenvalue weighted by atomic mass is 10.1. The molecule has 0 fully saturated rings. The third-order valence-corrected chi connectivity index (χ3v) is 2.68. The monoisotopic (exact) mass is 242 g/mol. The Bertz CT molecular complexity index is 337. The summed E-state index contributed by atoms with van der Waals surface area (Å²) >= 11 is 5.89. The minimum absolute atomic E-state index is 0.156. The predicted molar refractivity (Wildman–Crippen MR) is 67.1 cm³/mol. The first-order valence-electron chi connectivity index (χ1n) is 5.68. The molecule has 3 heteroatoms. The quantitative estimate of drug-likeness (QED) is 0.847. The van der Waals surface area contributed by atoms with E-state index < -0.39 is 6.10 Å². The van der Waals surface area contributed by atoms with Gasteiger partial charge in [0.1, 0.15) is 5.75 Å². The minimum atomic E-state index is -0.567. The molecule has 2 unspecified atom stereocenters. The van der Waals surface area contributed by atoms with Crippen LogP contribution in [0.25, 0.3) is 0 Å². The van der Waals surface area contributed by atoms with E-state index >= 15 is 0 Å². The van der Waals surface area contributed by atoms with Gasteiger partial charge in [-0.05, 0) is 38.5 Å². The van der Waals surface area contributed by atoms with Crippen LogP contribution in [0.3, 0.4) is 0 Å². The Morgan fingerprint density at radius 2 is 2.06 bits per heavy atom. The van der Waals surface area contributed by atoms with Gasteiger partial charge < -0.3 is 9.84 Å². The number of rotatable bonds is 5. The summed E-state index contributed by atoms with van der Waals surface area (Å²) in [6.45, 7) is 5.87. The summed E-state index contributed by atoms with van der Waals surface area (Å²) < 4.78 is 5.78. The number of benzene rings is 1. The standard InChI is InChI=1S/C13H19ClO2/c1-4-5-9(2)16-13-7-6-11(14)8-12(13)10(3)15/h6-10,15H,4-5H2,1-3H3. The molecule has 16 heavy (non-hydrogen) atoms. The van der Waals surface area contributed by atoms with Crippen molar-refractivity contribution in [2.45, 2.75) is 45.8 Å². The van der Waals surface area contributed by atoms with E-state index in [1.807, 2.05) is 13.0 Å². The van der Waals surface area contributed by atoms with Gasteiger partial charge in [0.05, 0.1) is 12.2 Å². The highest BCUT2D eigenvalue weighted by Crippen LogP contribution is 2.29. The van der Waals surface area contributed by atoms with E-state index in [1.54, 1.807) is 19.1 Å². The third-order valence-electron chi connectivity index (χ3n) is 2.45. The summed E-state index contributed by atoms with van der Waals surface area (Å²) in [6.07, 6.45) is 1.67. The van der Waals surface area contributed by atoms with Gasteiger partial charge >= 0.3 is 0 Å². The zero-order valence-electron chi connectivity index (χ0n) is 10.0. The van der Waals surface area contributed by atoms with Gasteiger partial charge in [-0.1, -0.05) is 24.9 Å². The number of aliphatic hydroxyl groups is 1. The fraction of sp³-hybridized carbons (Fsp3) is 0.538. The molecular formula is C13H19ClO2. The van der Waals surface area contributed by atoms with Gasteiger partial charge in [0.2, 0.25) is 0 Å². The molecule has 1 N–H and O–H groups in total. The van der Waals surface area contributed by atoms with Crippen LogP contribution < -0.4 is 4.74 Å². The van der Waals surface area contributed by atoms with Gasteiger partial charge in [-0.25, -0.2) is 0 Å². The highest BCUT2D eigenvalue weighted by molar-refractivity contribution is 6.30. The molecule has 2 atom stereocenters. The Morgan fingerprint density at radius 1 is 1.38 bits per heavy atom. The molecule has 0 radical (unpaired) electrons. The van der Waals surface area contributed by atoms with Crippen molar-refractivity contribution in [3.8, 4) is 5.75 Å². The number of hydrogen-bond donors (Lipinski definition) is 1. The highest BCUT2D eigenvalue weighted by Gasteiger charge is 2.12. The van der Waals surface area contributed by atoms with Crippen molar-refractivity contribution in [3.05, 3.63) is 28.8 Å². The molecule has 0 saturated carbocycles. The van der Waals surface area contributed by atoms with Crippen LogP contribution in [0.5, 0.6) is 5.75 Å². The zero-order chi connectivity index (χ0) is 12.1. The van der Waals surface area contributed by atoms with Gasteiger partial charge in [0, 0.05) is 10.6 Å². The molecule has 0 heterocycles. The van der Waals surface area contributed by atoms with Crippen molar-refractivity contribution in [1.29, 1.82) is 0 Å². The number of ether oxygens (including phenoxy) is 1. The van der Waals surface area contributed by atoms with E-state index in [0.717, 1.165) is 24.2 Å². The summed E-state index contributed by atoms with van der Waals surface area (Å²) in [6, 6.07) is 5.35. The number of aliphatic hydroxyl groups excluding tert-OH is 1.